The van der Waals surface area contributed by atoms with E-state index in [4.69, 9.17) is 11.5 Å². The second-order valence-electron chi connectivity index (χ2n) is 9.42. The average molecular weight is 719 g/mol. The van der Waals surface area contributed by atoms with Crippen molar-refractivity contribution in [3.8, 4) is 0 Å². The van der Waals surface area contributed by atoms with E-state index in [-0.39, 0.29) is 46.0 Å². The Labute approximate surface area is 253 Å². The smallest absolute Gasteiger partial charge is 0.277 e. The summed E-state index contributed by atoms with van der Waals surface area (Å²) in [6.45, 7) is 3.49. The Hall–Kier alpha value is -3.52. The van der Waals surface area contributed by atoms with Crippen molar-refractivity contribution in [3.63, 3.8) is 0 Å². The number of aryl methyl sites for hydroxylation is 2. The second kappa shape index (κ2) is 10.1. The minimum Gasteiger partial charge on any atom is -0.397 e. The first-order valence-corrected chi connectivity index (χ1v) is 16.4. The molecule has 1 aliphatic rings. The van der Waals surface area contributed by atoms with Crippen LogP contribution in [-0.4, -0.2) is 28.4 Å². The van der Waals surface area contributed by atoms with Crippen LogP contribution in [0.3, 0.4) is 0 Å². The second-order valence-corrected chi connectivity index (χ2v) is 14.9. The number of benzene rings is 4. The molecule has 0 spiro atoms. The van der Waals surface area contributed by atoms with Crippen LogP contribution in [0.2, 0.25) is 0 Å². The van der Waals surface area contributed by atoms with E-state index in [9.17, 15) is 26.4 Å². The number of hydrogen-bond donors (Lipinski definition) is 2. The van der Waals surface area contributed by atoms with Crippen LogP contribution in [0.15, 0.2) is 85.5 Å². The first kappa shape index (κ1) is 29.0. The number of nitrogens with two attached hydrogens (primary N) is 2. The van der Waals surface area contributed by atoms with E-state index in [1.165, 1.54) is 60.7 Å². The maximum Gasteiger partial charge on any atom is 0.277 e. The van der Waals surface area contributed by atoms with Gasteiger partial charge in [0.15, 0.2) is 11.6 Å². The van der Waals surface area contributed by atoms with E-state index in [2.05, 4.69) is 31.9 Å². The first-order valence-electron chi connectivity index (χ1n) is 11.9. The molecule has 0 radical (unpaired) electrons. The van der Waals surface area contributed by atoms with Gasteiger partial charge in [0.25, 0.3) is 20.0 Å². The lowest BCUT2D eigenvalue weighted by atomic mass is 9.81. The molecule has 1 aliphatic carbocycles. The summed E-state index contributed by atoms with van der Waals surface area (Å²) in [6, 6.07) is 15.1. The van der Waals surface area contributed by atoms with Crippen molar-refractivity contribution in [2.75, 3.05) is 15.2 Å². The van der Waals surface area contributed by atoms with Gasteiger partial charge in [0.2, 0.25) is 0 Å². The zero-order valence-corrected chi connectivity index (χ0v) is 26.3. The molecule has 0 heterocycles. The van der Waals surface area contributed by atoms with Gasteiger partial charge in [0.05, 0.1) is 43.5 Å². The summed E-state index contributed by atoms with van der Waals surface area (Å²) < 4.78 is 57.5. The van der Waals surface area contributed by atoms with Crippen LogP contribution in [0, 0.1) is 13.8 Å². The Morgan fingerprint density at radius 3 is 1.56 bits per heavy atom. The standard InChI is InChI=1S/C28H21Br2N3O6S2/c1-14-3-7-16(8-4-14)40(36,37)33(41(38,39)17-9-5-15(2)6-10-17)21-13-20(30)26(32)24-23(21)28(35)22-18(27(24)34)11-12-19(29)25(22)31/h3-13H,31-32H2,1-2H3. The van der Waals surface area contributed by atoms with Gasteiger partial charge in [0.1, 0.15) is 0 Å². The third-order valence-corrected chi connectivity index (χ3v) is 12.2. The number of fused-ring (bicyclic) bond motifs is 2. The third-order valence-electron chi connectivity index (χ3n) is 6.69. The molecule has 0 saturated heterocycles. The van der Waals surface area contributed by atoms with Crippen molar-refractivity contribution in [1.29, 1.82) is 0 Å². The van der Waals surface area contributed by atoms with Crippen LogP contribution in [0.25, 0.3) is 0 Å². The molecule has 0 aromatic heterocycles. The van der Waals surface area contributed by atoms with Gasteiger partial charge in [-0.25, -0.2) is 16.8 Å². The van der Waals surface area contributed by atoms with Gasteiger partial charge in [-0.05, 0) is 88.2 Å². The fourth-order valence-corrected chi connectivity index (χ4v) is 8.99. The fraction of sp³-hybridized carbons (Fsp3) is 0.0714. The predicted octanol–water partition coefficient (Wildman–Crippen LogP) is 5.35. The highest BCUT2D eigenvalue weighted by Gasteiger charge is 2.44. The summed E-state index contributed by atoms with van der Waals surface area (Å²) in [5.41, 5.74) is 12.0. The van der Waals surface area contributed by atoms with E-state index in [1.54, 1.807) is 13.8 Å². The van der Waals surface area contributed by atoms with Gasteiger partial charge in [-0.3, -0.25) is 9.59 Å². The molecule has 41 heavy (non-hydrogen) atoms. The minimum atomic E-state index is -4.91. The van der Waals surface area contributed by atoms with Crippen LogP contribution in [0.5, 0.6) is 0 Å². The predicted molar refractivity (Wildman–Crippen MR) is 163 cm³/mol. The summed E-state index contributed by atoms with van der Waals surface area (Å²) >= 11 is 6.48. The number of anilines is 3. The number of hydrogen-bond acceptors (Lipinski definition) is 8. The Balaban J connectivity index is 1.91. The molecule has 0 aliphatic heterocycles. The van der Waals surface area contributed by atoms with Crippen LogP contribution in [-0.2, 0) is 20.0 Å². The highest BCUT2D eigenvalue weighted by atomic mass is 79.9. The molecule has 0 atom stereocenters. The van der Waals surface area contributed by atoms with E-state index in [0.717, 1.165) is 17.2 Å². The van der Waals surface area contributed by atoms with Crippen molar-refractivity contribution in [2.24, 2.45) is 0 Å². The maximum absolute atomic E-state index is 14.2. The van der Waals surface area contributed by atoms with Crippen molar-refractivity contribution >= 4 is 80.5 Å². The van der Waals surface area contributed by atoms with Gasteiger partial charge in [-0.15, -0.1) is 0 Å². The van der Waals surface area contributed by atoms with Gasteiger partial charge >= 0.3 is 0 Å². The van der Waals surface area contributed by atoms with E-state index in [1.807, 2.05) is 0 Å². The van der Waals surface area contributed by atoms with Crippen molar-refractivity contribution < 1.29 is 26.4 Å². The zero-order valence-electron chi connectivity index (χ0n) is 21.5. The van der Waals surface area contributed by atoms with Crippen molar-refractivity contribution in [3.05, 3.63) is 109 Å². The number of sulfonamides is 2. The van der Waals surface area contributed by atoms with Crippen molar-refractivity contribution in [2.45, 2.75) is 23.6 Å². The number of ketones is 2. The number of nitrogen functional groups attached to an aromatic ring is 2. The van der Waals surface area contributed by atoms with Gasteiger partial charge < -0.3 is 11.5 Å². The monoisotopic (exact) mass is 717 g/mol. The fourth-order valence-electron chi connectivity index (χ4n) is 4.55. The lowest BCUT2D eigenvalue weighted by Crippen LogP contribution is -2.39. The van der Waals surface area contributed by atoms with E-state index >= 15 is 0 Å². The highest BCUT2D eigenvalue weighted by Crippen LogP contribution is 2.45. The molecule has 5 rings (SSSR count). The zero-order chi connectivity index (χ0) is 30.0. The molecule has 210 valence electrons. The molecule has 0 amide bonds. The molecule has 4 aromatic rings. The summed E-state index contributed by atoms with van der Waals surface area (Å²) in [5.74, 6) is -1.57. The molecule has 9 nitrogen and oxygen atoms in total. The quantitative estimate of drug-likeness (QED) is 0.230. The highest BCUT2D eigenvalue weighted by molar-refractivity contribution is 9.11. The van der Waals surface area contributed by atoms with Crippen LogP contribution >= 0.6 is 31.9 Å². The van der Waals surface area contributed by atoms with Gasteiger partial charge in [-0.1, -0.05) is 35.4 Å². The lowest BCUT2D eigenvalue weighted by Gasteiger charge is -2.30. The number of carbonyl (C=O) groups is 2. The van der Waals surface area contributed by atoms with E-state index < -0.39 is 42.9 Å². The topological polar surface area (TPSA) is 158 Å². The number of halogens is 2. The normalized spacial score (nSPS) is 13.1. The molecule has 0 bridgehead atoms. The molecular formula is C28H21Br2N3O6S2. The summed E-state index contributed by atoms with van der Waals surface area (Å²) in [4.78, 5) is 27.1. The molecule has 13 heteroatoms. The molecule has 0 fully saturated rings. The molecule has 4 aromatic carbocycles. The number of rotatable bonds is 5. The Kier molecular flexibility index (Phi) is 7.13. The maximum atomic E-state index is 14.2. The molecular weight excluding hydrogens is 698 g/mol. The Morgan fingerprint density at radius 2 is 1.07 bits per heavy atom. The van der Waals surface area contributed by atoms with Crippen molar-refractivity contribution in [1.82, 2.24) is 0 Å². The molecule has 0 unspecified atom stereocenters. The van der Waals surface area contributed by atoms with Gasteiger partial charge in [0, 0.05) is 14.5 Å². The Bertz CT molecular complexity index is 1930. The summed E-state index contributed by atoms with van der Waals surface area (Å²) in [5, 5.41) is 0. The number of carbonyl (C=O) groups excluding carboxylic acids is 2. The van der Waals surface area contributed by atoms with E-state index in [0.29, 0.717) is 4.47 Å². The van der Waals surface area contributed by atoms with Crippen LogP contribution < -0.4 is 15.2 Å². The average Bonchev–Trinajstić information content (AvgIpc) is 2.91. The summed E-state index contributed by atoms with van der Waals surface area (Å²) in [7, 11) is -9.81. The largest absolute Gasteiger partial charge is 0.397 e. The SMILES string of the molecule is Cc1ccc(S(=O)(=O)N(c2cc(Br)c(N)c3c2C(=O)c2c(ccc(Br)c2N)C3=O)S(=O)(=O)c2ccc(C)cc2)cc1. The van der Waals surface area contributed by atoms with Crippen LogP contribution in [0.4, 0.5) is 17.1 Å². The van der Waals surface area contributed by atoms with Crippen LogP contribution in [0.1, 0.15) is 43.0 Å². The summed E-state index contributed by atoms with van der Waals surface area (Å²) in [6.07, 6.45) is 0. The Morgan fingerprint density at radius 1 is 0.610 bits per heavy atom. The third kappa shape index (κ3) is 4.56. The number of nitrogens with zero attached hydrogens (tertiary/aromatic N) is 1. The molecule has 0 saturated carbocycles. The van der Waals surface area contributed by atoms with Gasteiger partial charge in [-0.2, -0.15) is 3.71 Å². The first-order chi connectivity index (χ1) is 19.2. The minimum absolute atomic E-state index is 0.0177. The lowest BCUT2D eigenvalue weighted by molar-refractivity contribution is 0.0980. The molecule has 4 N–H and O–H groups in total.